The number of benzene rings is 1. The van der Waals surface area contributed by atoms with E-state index in [4.69, 9.17) is 5.26 Å². The van der Waals surface area contributed by atoms with Crippen LogP contribution in [-0.2, 0) is 19.5 Å². The van der Waals surface area contributed by atoms with Crippen LogP contribution >= 0.6 is 0 Å². The summed E-state index contributed by atoms with van der Waals surface area (Å²) in [5, 5.41) is 12.0. The molecule has 0 aliphatic rings. The summed E-state index contributed by atoms with van der Waals surface area (Å²) in [7, 11) is 0. The molecular weight excluding hydrogens is 234 g/mol. The third kappa shape index (κ3) is 3.89. The van der Waals surface area contributed by atoms with Crippen molar-refractivity contribution in [2.75, 3.05) is 5.32 Å². The first kappa shape index (κ1) is 13.2. The van der Waals surface area contributed by atoms with E-state index >= 15 is 0 Å². The van der Waals surface area contributed by atoms with Gasteiger partial charge in [0.2, 0.25) is 0 Å². The van der Waals surface area contributed by atoms with Crippen LogP contribution in [-0.4, -0.2) is 4.57 Å². The highest BCUT2D eigenvalue weighted by Gasteiger charge is 1.98. The first-order chi connectivity index (χ1) is 9.31. The smallest absolute Gasteiger partial charge is 0.0669 e. The van der Waals surface area contributed by atoms with Gasteiger partial charge in [0.05, 0.1) is 12.5 Å². The Kier molecular flexibility index (Phi) is 4.63. The van der Waals surface area contributed by atoms with Crippen molar-refractivity contribution in [2.45, 2.75) is 32.9 Å². The quantitative estimate of drug-likeness (QED) is 0.855. The molecule has 0 saturated heterocycles. The number of nitriles is 1. The van der Waals surface area contributed by atoms with E-state index in [2.05, 4.69) is 41.3 Å². The van der Waals surface area contributed by atoms with Gasteiger partial charge in [-0.2, -0.15) is 5.26 Å². The molecule has 1 heterocycles. The molecule has 0 bridgehead atoms. The second kappa shape index (κ2) is 6.65. The number of nitrogens with zero attached hydrogens (tertiary/aromatic N) is 2. The zero-order valence-corrected chi connectivity index (χ0v) is 11.3. The van der Waals surface area contributed by atoms with E-state index in [9.17, 15) is 0 Å². The molecule has 0 unspecified atom stereocenters. The summed E-state index contributed by atoms with van der Waals surface area (Å²) in [6.45, 7) is 4.08. The highest BCUT2D eigenvalue weighted by atomic mass is 14.9. The predicted molar refractivity (Wildman–Crippen MR) is 77.8 cm³/mol. The maximum absolute atomic E-state index is 8.62. The minimum absolute atomic E-state index is 0.472. The Bertz CT molecular complexity index is 546. The van der Waals surface area contributed by atoms with E-state index in [1.54, 1.807) is 0 Å². The molecule has 0 saturated carbocycles. The van der Waals surface area contributed by atoms with Gasteiger partial charge in [0.25, 0.3) is 0 Å². The number of anilines is 1. The van der Waals surface area contributed by atoms with Crippen molar-refractivity contribution >= 4 is 5.69 Å². The van der Waals surface area contributed by atoms with E-state index in [-0.39, 0.29) is 0 Å². The second-order valence-electron chi connectivity index (χ2n) is 4.64. The number of aromatic nitrogens is 1. The van der Waals surface area contributed by atoms with Gasteiger partial charge in [-0.25, -0.2) is 0 Å². The Balaban J connectivity index is 1.89. The molecule has 3 heteroatoms. The van der Waals surface area contributed by atoms with Crippen molar-refractivity contribution in [3.63, 3.8) is 0 Å². The van der Waals surface area contributed by atoms with E-state index in [1.807, 2.05) is 24.3 Å². The standard InChI is InChI=1S/C16H19N3/c1-2-10-19-11-8-15(13-19)12-18-16-5-3-14(4-6-16)7-9-17/h3-6,8,11,13,18H,2,7,10,12H2,1H3. The summed E-state index contributed by atoms with van der Waals surface area (Å²) in [5.41, 5.74) is 3.43. The summed E-state index contributed by atoms with van der Waals surface area (Å²) < 4.78 is 2.22. The highest BCUT2D eigenvalue weighted by Crippen LogP contribution is 2.12. The van der Waals surface area contributed by atoms with Crippen LogP contribution in [0.1, 0.15) is 24.5 Å². The topological polar surface area (TPSA) is 40.8 Å². The van der Waals surface area contributed by atoms with Crippen molar-refractivity contribution in [1.29, 1.82) is 5.26 Å². The Morgan fingerprint density at radius 2 is 1.95 bits per heavy atom. The van der Waals surface area contributed by atoms with Gasteiger partial charge >= 0.3 is 0 Å². The number of hydrogen-bond donors (Lipinski definition) is 1. The molecule has 0 amide bonds. The average Bonchev–Trinajstić information content (AvgIpc) is 2.87. The fourth-order valence-electron chi connectivity index (χ4n) is 2.03. The molecule has 0 fully saturated rings. The zero-order chi connectivity index (χ0) is 13.5. The van der Waals surface area contributed by atoms with Crippen LogP contribution in [0.15, 0.2) is 42.7 Å². The highest BCUT2D eigenvalue weighted by molar-refractivity contribution is 5.45. The van der Waals surface area contributed by atoms with Crippen LogP contribution in [0.3, 0.4) is 0 Å². The number of nitrogens with one attached hydrogen (secondary N) is 1. The Labute approximate surface area is 114 Å². The maximum atomic E-state index is 8.62. The monoisotopic (exact) mass is 253 g/mol. The third-order valence-electron chi connectivity index (χ3n) is 3.03. The molecule has 2 rings (SSSR count). The van der Waals surface area contributed by atoms with Crippen molar-refractivity contribution in [3.8, 4) is 6.07 Å². The van der Waals surface area contributed by atoms with Crippen LogP contribution in [0.5, 0.6) is 0 Å². The maximum Gasteiger partial charge on any atom is 0.0669 e. The number of hydrogen-bond acceptors (Lipinski definition) is 2. The first-order valence-electron chi connectivity index (χ1n) is 6.66. The summed E-state index contributed by atoms with van der Waals surface area (Å²) in [6, 6.07) is 12.3. The van der Waals surface area contributed by atoms with Gasteiger partial charge in [0, 0.05) is 31.2 Å². The molecule has 2 aromatic rings. The predicted octanol–water partition coefficient (Wildman–Crippen LogP) is 3.58. The van der Waals surface area contributed by atoms with E-state index < -0.39 is 0 Å². The molecule has 1 aromatic carbocycles. The Hall–Kier alpha value is -2.21. The lowest BCUT2D eigenvalue weighted by Gasteiger charge is -2.05. The lowest BCUT2D eigenvalue weighted by atomic mass is 10.1. The molecule has 0 radical (unpaired) electrons. The normalized spacial score (nSPS) is 10.1. The van der Waals surface area contributed by atoms with Gasteiger partial charge in [-0.15, -0.1) is 0 Å². The van der Waals surface area contributed by atoms with Crippen molar-refractivity contribution < 1.29 is 0 Å². The van der Waals surface area contributed by atoms with Crippen LogP contribution in [0.4, 0.5) is 5.69 Å². The fraction of sp³-hybridized carbons (Fsp3) is 0.312. The molecule has 1 aromatic heterocycles. The van der Waals surface area contributed by atoms with Gasteiger partial charge in [0.1, 0.15) is 0 Å². The van der Waals surface area contributed by atoms with Gasteiger partial charge in [-0.3, -0.25) is 0 Å². The molecular formula is C16H19N3. The first-order valence-corrected chi connectivity index (χ1v) is 6.66. The van der Waals surface area contributed by atoms with Crippen molar-refractivity contribution in [1.82, 2.24) is 4.57 Å². The molecule has 98 valence electrons. The molecule has 19 heavy (non-hydrogen) atoms. The zero-order valence-electron chi connectivity index (χ0n) is 11.3. The van der Waals surface area contributed by atoms with Crippen LogP contribution < -0.4 is 5.32 Å². The fourth-order valence-corrected chi connectivity index (χ4v) is 2.03. The number of aryl methyl sites for hydroxylation is 1. The largest absolute Gasteiger partial charge is 0.381 e. The van der Waals surface area contributed by atoms with E-state index in [0.717, 1.165) is 30.8 Å². The van der Waals surface area contributed by atoms with Crippen LogP contribution in [0.2, 0.25) is 0 Å². The lowest BCUT2D eigenvalue weighted by Crippen LogP contribution is -1.99. The van der Waals surface area contributed by atoms with E-state index in [1.165, 1.54) is 5.56 Å². The molecule has 0 aliphatic carbocycles. The molecule has 1 N–H and O–H groups in total. The minimum Gasteiger partial charge on any atom is -0.381 e. The van der Waals surface area contributed by atoms with E-state index in [0.29, 0.717) is 6.42 Å². The van der Waals surface area contributed by atoms with Gasteiger partial charge in [-0.05, 0) is 35.7 Å². The average molecular weight is 253 g/mol. The summed E-state index contributed by atoms with van der Waals surface area (Å²) in [5.74, 6) is 0. The SMILES string of the molecule is CCCn1ccc(CNc2ccc(CC#N)cc2)c1. The Morgan fingerprint density at radius 1 is 1.16 bits per heavy atom. The Morgan fingerprint density at radius 3 is 2.63 bits per heavy atom. The third-order valence-corrected chi connectivity index (χ3v) is 3.03. The molecule has 3 nitrogen and oxygen atoms in total. The van der Waals surface area contributed by atoms with Crippen molar-refractivity contribution in [3.05, 3.63) is 53.9 Å². The van der Waals surface area contributed by atoms with Crippen LogP contribution in [0, 0.1) is 11.3 Å². The summed E-state index contributed by atoms with van der Waals surface area (Å²) in [4.78, 5) is 0. The van der Waals surface area contributed by atoms with Crippen LogP contribution in [0.25, 0.3) is 0 Å². The van der Waals surface area contributed by atoms with Gasteiger partial charge in [-0.1, -0.05) is 19.1 Å². The minimum atomic E-state index is 0.472. The molecule has 0 spiro atoms. The summed E-state index contributed by atoms with van der Waals surface area (Å²) in [6.07, 6.45) is 5.93. The number of rotatable bonds is 6. The lowest BCUT2D eigenvalue weighted by molar-refractivity contribution is 0.682. The second-order valence-corrected chi connectivity index (χ2v) is 4.64. The molecule has 0 atom stereocenters. The van der Waals surface area contributed by atoms with Gasteiger partial charge in [0.15, 0.2) is 0 Å². The van der Waals surface area contributed by atoms with Gasteiger partial charge < -0.3 is 9.88 Å². The summed E-state index contributed by atoms with van der Waals surface area (Å²) >= 11 is 0. The van der Waals surface area contributed by atoms with Crippen molar-refractivity contribution in [2.24, 2.45) is 0 Å². The molecule has 0 aliphatic heterocycles.